The van der Waals surface area contributed by atoms with Gasteiger partial charge in [-0.05, 0) is 150 Å². The molecule has 460 valence electrons. The van der Waals surface area contributed by atoms with Gasteiger partial charge in [0.15, 0.2) is 0 Å². The Morgan fingerprint density at radius 2 is 0.919 bits per heavy atom. The second-order valence-corrected chi connectivity index (χ2v) is 22.8. The lowest BCUT2D eigenvalue weighted by atomic mass is 9.95. The molecule has 0 saturated carbocycles. The first-order valence-corrected chi connectivity index (χ1v) is 27.9. The Morgan fingerprint density at radius 1 is 0.558 bits per heavy atom. The number of nitrogens with one attached hydrogen (secondary N) is 4. The first-order valence-electron chi connectivity index (χ1n) is 27.9. The maximum Gasteiger partial charge on any atom is 0.416 e. The van der Waals surface area contributed by atoms with E-state index in [1.54, 1.807) is 128 Å². The third-order valence-corrected chi connectivity index (χ3v) is 13.5. The van der Waals surface area contributed by atoms with E-state index in [4.69, 9.17) is 18.9 Å². The second kappa shape index (κ2) is 27.8. The fourth-order valence-corrected chi connectivity index (χ4v) is 9.18. The molecule has 0 radical (unpaired) electrons. The molecule has 4 amide bonds. The van der Waals surface area contributed by atoms with E-state index in [-0.39, 0.29) is 48.5 Å². The van der Waals surface area contributed by atoms with Crippen LogP contribution in [0.3, 0.4) is 0 Å². The van der Waals surface area contributed by atoms with E-state index in [0.717, 1.165) is 35.4 Å². The van der Waals surface area contributed by atoms with Crippen LogP contribution in [0.5, 0.6) is 0 Å². The van der Waals surface area contributed by atoms with Gasteiger partial charge in [-0.1, -0.05) is 60.7 Å². The van der Waals surface area contributed by atoms with Crippen molar-refractivity contribution in [1.29, 1.82) is 0 Å². The van der Waals surface area contributed by atoms with Crippen molar-refractivity contribution in [2.24, 2.45) is 0 Å². The summed E-state index contributed by atoms with van der Waals surface area (Å²) in [7, 11) is 0. The maximum atomic E-state index is 13.5. The summed E-state index contributed by atoms with van der Waals surface area (Å²) in [5.41, 5.74) is 1.56. The van der Waals surface area contributed by atoms with E-state index in [1.165, 1.54) is 12.1 Å². The Hall–Kier alpha value is -8.38. The summed E-state index contributed by atoms with van der Waals surface area (Å²) in [4.78, 5) is 71.8. The molecule has 0 bridgehead atoms. The number of aromatic nitrogens is 4. The largest absolute Gasteiger partial charge is 0.444 e. The third-order valence-electron chi connectivity index (χ3n) is 13.5. The summed E-state index contributed by atoms with van der Waals surface area (Å²) in [6, 6.07) is 22.8. The van der Waals surface area contributed by atoms with Crippen LogP contribution in [0.25, 0.3) is 22.3 Å². The van der Waals surface area contributed by atoms with Gasteiger partial charge in [0.05, 0.1) is 48.6 Å². The standard InChI is InChI=1S/2C31H36F3N5O4/c2*1-19-18-39(14-15-42-19)28-35-13-12-26(38-28)27(40)37-20(2)21-6-8-22(9-7-21)25-16-24(31(32,33)34)11-10-23(25)17-36-29(41)43-30(3,4)5/h2*6-13,16,19-20H,14-15,17-18H2,1-5H3,(H,36,41)(H,37,40)/t2*19-,20-/m11/s1. The molecule has 6 aromatic rings. The number of alkyl halides is 6. The number of ether oxygens (including phenoxy) is 4. The average Bonchev–Trinajstić information content (AvgIpc) is 1.34. The Balaban J connectivity index is 0.000000246. The van der Waals surface area contributed by atoms with Crippen LogP contribution in [0, 0.1) is 0 Å². The van der Waals surface area contributed by atoms with Crippen molar-refractivity contribution in [2.75, 3.05) is 49.2 Å². The SMILES string of the molecule is C[C@@H]1CN(c2nccc(C(=O)N[C@H](C)c3ccc(-c4cc(C(F)(F)F)ccc4CNC(=O)OC(C)(C)C)cc3)n2)CCO1.C[C@@H]1CN(c2nccc(C(=O)N[C@H](C)c3ccc(-c4cc(C(F)(F)F)ccc4CNC(=O)OC(C)(C)C)cc3)n2)CCO1. The number of benzene rings is 4. The lowest BCUT2D eigenvalue weighted by molar-refractivity contribution is -0.138. The van der Waals surface area contributed by atoms with Crippen LogP contribution >= 0.6 is 0 Å². The summed E-state index contributed by atoms with van der Waals surface area (Å²) in [5.74, 6) is 0.153. The van der Waals surface area contributed by atoms with E-state index in [9.17, 15) is 45.5 Å². The Labute approximate surface area is 495 Å². The quantitative estimate of drug-likeness (QED) is 0.0748. The molecule has 2 saturated heterocycles. The van der Waals surface area contributed by atoms with E-state index in [1.807, 2.05) is 23.6 Å². The first-order chi connectivity index (χ1) is 40.4. The summed E-state index contributed by atoms with van der Waals surface area (Å²) >= 11 is 0. The van der Waals surface area contributed by atoms with Gasteiger partial charge in [0.2, 0.25) is 11.9 Å². The van der Waals surface area contributed by atoms with Gasteiger partial charge in [-0.2, -0.15) is 26.3 Å². The van der Waals surface area contributed by atoms with Gasteiger partial charge < -0.3 is 50.0 Å². The number of rotatable bonds is 14. The molecule has 4 aromatic carbocycles. The minimum atomic E-state index is -4.54. The van der Waals surface area contributed by atoms with Gasteiger partial charge in [0.1, 0.15) is 22.6 Å². The van der Waals surface area contributed by atoms with Crippen molar-refractivity contribution in [1.82, 2.24) is 41.2 Å². The molecule has 8 rings (SSSR count). The highest BCUT2D eigenvalue weighted by atomic mass is 19.4. The van der Waals surface area contributed by atoms with Gasteiger partial charge in [-0.15, -0.1) is 0 Å². The minimum absolute atomic E-state index is 0.0269. The highest BCUT2D eigenvalue weighted by Gasteiger charge is 2.33. The van der Waals surface area contributed by atoms with Crippen molar-refractivity contribution in [3.05, 3.63) is 154 Å². The van der Waals surface area contributed by atoms with Gasteiger partial charge in [-0.3, -0.25) is 9.59 Å². The molecule has 24 heteroatoms. The summed E-state index contributed by atoms with van der Waals surface area (Å²) in [5, 5.41) is 11.1. The van der Waals surface area contributed by atoms with E-state index >= 15 is 0 Å². The van der Waals surface area contributed by atoms with E-state index in [0.29, 0.717) is 84.7 Å². The van der Waals surface area contributed by atoms with Gasteiger partial charge in [-0.25, -0.2) is 29.5 Å². The number of anilines is 2. The molecule has 2 fully saturated rings. The molecule has 4 heterocycles. The van der Waals surface area contributed by atoms with Crippen molar-refractivity contribution < 1.29 is 64.5 Å². The van der Waals surface area contributed by atoms with Crippen LogP contribution in [0.4, 0.5) is 47.8 Å². The van der Waals surface area contributed by atoms with Crippen molar-refractivity contribution in [3.8, 4) is 22.3 Å². The summed E-state index contributed by atoms with van der Waals surface area (Å²) in [6.07, 6.45) is -7.27. The van der Waals surface area contributed by atoms with Gasteiger partial charge >= 0.3 is 24.5 Å². The van der Waals surface area contributed by atoms with Crippen LogP contribution in [0.2, 0.25) is 0 Å². The predicted molar refractivity (Wildman–Crippen MR) is 311 cm³/mol. The van der Waals surface area contributed by atoms with Gasteiger partial charge in [0.25, 0.3) is 11.8 Å². The minimum Gasteiger partial charge on any atom is -0.444 e. The number of halogens is 6. The monoisotopic (exact) mass is 1200 g/mol. The highest BCUT2D eigenvalue weighted by Crippen LogP contribution is 2.37. The second-order valence-electron chi connectivity index (χ2n) is 22.8. The van der Waals surface area contributed by atoms with Crippen LogP contribution in [0.1, 0.15) is 136 Å². The maximum absolute atomic E-state index is 13.5. The molecule has 0 aliphatic carbocycles. The molecule has 2 aliphatic heterocycles. The fraction of sp³-hybridized carbons (Fsp3) is 0.419. The lowest BCUT2D eigenvalue weighted by Gasteiger charge is -2.31. The van der Waals surface area contributed by atoms with Crippen LogP contribution in [-0.4, -0.2) is 107 Å². The lowest BCUT2D eigenvalue weighted by Crippen LogP contribution is -2.42. The zero-order valence-corrected chi connectivity index (χ0v) is 49.6. The smallest absolute Gasteiger partial charge is 0.416 e. The summed E-state index contributed by atoms with van der Waals surface area (Å²) < 4.78 is 103. The Kier molecular flexibility index (Phi) is 21.0. The highest BCUT2D eigenvalue weighted by molar-refractivity contribution is 5.93. The van der Waals surface area contributed by atoms with Crippen LogP contribution in [0.15, 0.2) is 109 Å². The molecule has 0 spiro atoms. The molecular weight excluding hydrogens is 1130 g/mol. The third kappa shape index (κ3) is 18.8. The number of morpholine rings is 2. The number of amides is 4. The summed E-state index contributed by atoms with van der Waals surface area (Å²) in [6.45, 7) is 21.4. The number of alkyl carbamates (subject to hydrolysis) is 2. The normalized spacial score (nSPS) is 16.4. The van der Waals surface area contributed by atoms with Crippen molar-refractivity contribution in [2.45, 2.75) is 130 Å². The van der Waals surface area contributed by atoms with Crippen LogP contribution < -0.4 is 31.1 Å². The van der Waals surface area contributed by atoms with Crippen molar-refractivity contribution in [3.63, 3.8) is 0 Å². The first kappa shape index (κ1) is 65.2. The average molecular weight is 1200 g/mol. The molecule has 2 aliphatic rings. The number of carbonyl (C=O) groups excluding carboxylic acids is 4. The number of hydrogen-bond donors (Lipinski definition) is 4. The Bertz CT molecular complexity index is 3100. The number of carbonyl (C=O) groups is 4. The molecular formula is C62H72F6N10O8. The fourth-order valence-electron chi connectivity index (χ4n) is 9.18. The molecule has 86 heavy (non-hydrogen) atoms. The number of nitrogens with zero attached hydrogens (tertiary/aromatic N) is 6. The van der Waals surface area contributed by atoms with Gasteiger partial charge in [0, 0.05) is 51.7 Å². The van der Waals surface area contributed by atoms with Crippen molar-refractivity contribution >= 4 is 35.9 Å². The zero-order chi connectivity index (χ0) is 62.7. The van der Waals surface area contributed by atoms with E-state index < -0.39 is 59.0 Å². The molecule has 4 N–H and O–H groups in total. The number of hydrogen-bond acceptors (Lipinski definition) is 14. The van der Waals surface area contributed by atoms with Crippen LogP contribution in [-0.2, 0) is 44.4 Å². The molecule has 0 unspecified atom stereocenters. The molecule has 2 aromatic heterocycles. The topological polar surface area (TPSA) is 211 Å². The molecule has 4 atom stereocenters. The molecule has 18 nitrogen and oxygen atoms in total. The predicted octanol–water partition coefficient (Wildman–Crippen LogP) is 11.8. The van der Waals surface area contributed by atoms with E-state index in [2.05, 4.69) is 41.2 Å². The zero-order valence-electron chi connectivity index (χ0n) is 49.6. The Morgan fingerprint density at radius 3 is 1.24 bits per heavy atom.